The Labute approximate surface area is 199 Å². The van der Waals surface area contributed by atoms with Crippen LogP contribution in [0.2, 0.25) is 0 Å². The first-order chi connectivity index (χ1) is 16.3. The zero-order chi connectivity index (χ0) is 24.1. The molecule has 6 nitrogen and oxygen atoms in total. The van der Waals surface area contributed by atoms with Crippen LogP contribution in [0.5, 0.6) is 11.5 Å². The molecule has 34 heavy (non-hydrogen) atoms. The van der Waals surface area contributed by atoms with E-state index in [1.807, 2.05) is 48.5 Å². The molecule has 0 aliphatic rings. The van der Waals surface area contributed by atoms with Crippen LogP contribution in [0.1, 0.15) is 13.8 Å². The molecule has 4 aromatic rings. The normalized spacial score (nSPS) is 12.4. The lowest BCUT2D eigenvalue weighted by molar-refractivity contribution is -0.118. The Hall–Kier alpha value is -3.68. The van der Waals surface area contributed by atoms with Crippen LogP contribution < -0.4 is 14.8 Å². The number of rotatable bonds is 8. The highest BCUT2D eigenvalue weighted by atomic mass is 32.2. The van der Waals surface area contributed by atoms with Crippen LogP contribution >= 0.6 is 0 Å². The van der Waals surface area contributed by atoms with E-state index in [2.05, 4.69) is 10.0 Å². The summed E-state index contributed by atoms with van der Waals surface area (Å²) in [6.45, 7) is 3.60. The Kier molecular flexibility index (Phi) is 6.95. The van der Waals surface area contributed by atoms with Crippen LogP contribution in [0.15, 0.2) is 102 Å². The number of benzene rings is 4. The summed E-state index contributed by atoms with van der Waals surface area (Å²) >= 11 is 0. The van der Waals surface area contributed by atoms with E-state index in [-0.39, 0.29) is 10.8 Å². The number of carbonyl (C=O) groups excluding carboxylic acids is 1. The fraction of sp³-hybridized carbons (Fsp3) is 0.148. The average molecular weight is 475 g/mol. The summed E-state index contributed by atoms with van der Waals surface area (Å²) in [6, 6.07) is 27.7. The van der Waals surface area contributed by atoms with Crippen LogP contribution in [-0.2, 0) is 14.8 Å². The molecule has 0 aliphatic heterocycles. The van der Waals surface area contributed by atoms with Crippen LogP contribution in [0.4, 0.5) is 5.69 Å². The predicted octanol–water partition coefficient (Wildman–Crippen LogP) is 5.57. The van der Waals surface area contributed by atoms with Gasteiger partial charge in [-0.3, -0.25) is 4.79 Å². The number of ether oxygens (including phenoxy) is 1. The number of para-hydroxylation sites is 1. The minimum Gasteiger partial charge on any atom is -0.457 e. The molecule has 0 radical (unpaired) electrons. The SMILES string of the molecule is CC(C)C(NS(=O)(=O)c1cccc2ccccc12)C(=O)Nc1ccc(Oc2ccccc2)cc1. The van der Waals surface area contributed by atoms with Gasteiger partial charge in [0, 0.05) is 11.1 Å². The highest BCUT2D eigenvalue weighted by molar-refractivity contribution is 7.89. The van der Waals surface area contributed by atoms with E-state index in [0.717, 1.165) is 5.39 Å². The largest absolute Gasteiger partial charge is 0.457 e. The Balaban J connectivity index is 1.49. The average Bonchev–Trinajstić information content (AvgIpc) is 2.84. The van der Waals surface area contributed by atoms with Crippen molar-refractivity contribution >= 4 is 32.4 Å². The van der Waals surface area contributed by atoms with E-state index < -0.39 is 22.0 Å². The highest BCUT2D eigenvalue weighted by Crippen LogP contribution is 2.25. The van der Waals surface area contributed by atoms with Crippen LogP contribution in [-0.4, -0.2) is 20.4 Å². The van der Waals surface area contributed by atoms with Gasteiger partial charge in [-0.15, -0.1) is 0 Å². The fourth-order valence-corrected chi connectivity index (χ4v) is 5.18. The first kappa shape index (κ1) is 23.5. The molecular formula is C27H26N2O4S. The van der Waals surface area contributed by atoms with E-state index in [0.29, 0.717) is 22.6 Å². The summed E-state index contributed by atoms with van der Waals surface area (Å²) in [5, 5.41) is 4.22. The number of amides is 1. The Morgan fingerprint density at radius 2 is 1.38 bits per heavy atom. The minimum atomic E-state index is -3.94. The Morgan fingerprint density at radius 3 is 2.09 bits per heavy atom. The van der Waals surface area contributed by atoms with Gasteiger partial charge in [-0.25, -0.2) is 8.42 Å². The number of fused-ring (bicyclic) bond motifs is 1. The van der Waals surface area contributed by atoms with Crippen molar-refractivity contribution in [1.29, 1.82) is 0 Å². The molecule has 1 unspecified atom stereocenters. The molecule has 0 aromatic heterocycles. The van der Waals surface area contributed by atoms with Gasteiger partial charge in [0.1, 0.15) is 17.5 Å². The van der Waals surface area contributed by atoms with Gasteiger partial charge in [-0.2, -0.15) is 4.72 Å². The fourth-order valence-electron chi connectivity index (χ4n) is 3.60. The predicted molar refractivity (Wildman–Crippen MR) is 134 cm³/mol. The molecule has 0 saturated carbocycles. The third-order valence-electron chi connectivity index (χ3n) is 5.37. The van der Waals surface area contributed by atoms with Crippen LogP contribution in [0, 0.1) is 5.92 Å². The second kappa shape index (κ2) is 10.1. The topological polar surface area (TPSA) is 84.5 Å². The monoisotopic (exact) mass is 474 g/mol. The van der Waals surface area contributed by atoms with Crippen molar-refractivity contribution in [3.8, 4) is 11.5 Å². The van der Waals surface area contributed by atoms with Gasteiger partial charge < -0.3 is 10.1 Å². The molecule has 4 aromatic carbocycles. The first-order valence-electron chi connectivity index (χ1n) is 11.0. The molecule has 7 heteroatoms. The molecule has 0 fully saturated rings. The third kappa shape index (κ3) is 5.44. The molecule has 0 aliphatic carbocycles. The first-order valence-corrected chi connectivity index (χ1v) is 12.5. The lowest BCUT2D eigenvalue weighted by Gasteiger charge is -2.22. The maximum atomic E-state index is 13.2. The van der Waals surface area contributed by atoms with Crippen molar-refractivity contribution in [3.63, 3.8) is 0 Å². The molecule has 1 amide bonds. The minimum absolute atomic E-state index is 0.145. The molecular weight excluding hydrogens is 448 g/mol. The summed E-state index contributed by atoms with van der Waals surface area (Å²) in [5.74, 6) is 0.629. The van der Waals surface area contributed by atoms with Gasteiger partial charge >= 0.3 is 0 Å². The van der Waals surface area contributed by atoms with Crippen LogP contribution in [0.25, 0.3) is 10.8 Å². The number of anilines is 1. The molecule has 0 saturated heterocycles. The van der Waals surface area contributed by atoms with Crippen molar-refractivity contribution in [2.75, 3.05) is 5.32 Å². The molecule has 0 bridgehead atoms. The molecule has 0 heterocycles. The number of nitrogens with one attached hydrogen (secondary N) is 2. The van der Waals surface area contributed by atoms with E-state index in [9.17, 15) is 13.2 Å². The second-order valence-electron chi connectivity index (χ2n) is 8.25. The maximum Gasteiger partial charge on any atom is 0.242 e. The molecule has 174 valence electrons. The number of hydrogen-bond donors (Lipinski definition) is 2. The lowest BCUT2D eigenvalue weighted by Crippen LogP contribution is -2.47. The highest BCUT2D eigenvalue weighted by Gasteiger charge is 2.29. The number of sulfonamides is 1. The molecule has 4 rings (SSSR count). The summed E-state index contributed by atoms with van der Waals surface area (Å²) in [6.07, 6.45) is 0. The van der Waals surface area contributed by atoms with Crippen molar-refractivity contribution in [2.45, 2.75) is 24.8 Å². The van der Waals surface area contributed by atoms with Gasteiger partial charge in [0.05, 0.1) is 4.90 Å². The lowest BCUT2D eigenvalue weighted by atomic mass is 10.0. The third-order valence-corrected chi connectivity index (χ3v) is 6.87. The maximum absolute atomic E-state index is 13.2. The second-order valence-corrected chi connectivity index (χ2v) is 9.93. The Morgan fingerprint density at radius 1 is 0.765 bits per heavy atom. The number of hydrogen-bond acceptors (Lipinski definition) is 4. The van der Waals surface area contributed by atoms with Gasteiger partial charge in [0.25, 0.3) is 0 Å². The quantitative estimate of drug-likeness (QED) is 0.349. The zero-order valence-electron chi connectivity index (χ0n) is 18.9. The van der Waals surface area contributed by atoms with Crippen LogP contribution in [0.3, 0.4) is 0 Å². The van der Waals surface area contributed by atoms with Gasteiger partial charge in [-0.1, -0.05) is 68.4 Å². The van der Waals surface area contributed by atoms with Crippen molar-refractivity contribution in [1.82, 2.24) is 4.72 Å². The summed E-state index contributed by atoms with van der Waals surface area (Å²) in [4.78, 5) is 13.2. The van der Waals surface area contributed by atoms with Crippen molar-refractivity contribution in [2.24, 2.45) is 5.92 Å². The van der Waals surface area contributed by atoms with E-state index >= 15 is 0 Å². The van der Waals surface area contributed by atoms with Gasteiger partial charge in [0.15, 0.2) is 0 Å². The molecule has 1 atom stereocenters. The zero-order valence-corrected chi connectivity index (χ0v) is 19.8. The summed E-state index contributed by atoms with van der Waals surface area (Å²) < 4.78 is 34.8. The van der Waals surface area contributed by atoms with Gasteiger partial charge in [0.2, 0.25) is 15.9 Å². The summed E-state index contributed by atoms with van der Waals surface area (Å²) in [7, 11) is -3.94. The number of carbonyl (C=O) groups is 1. The van der Waals surface area contributed by atoms with Gasteiger partial charge in [-0.05, 0) is 53.8 Å². The van der Waals surface area contributed by atoms with E-state index in [1.165, 1.54) is 0 Å². The van der Waals surface area contributed by atoms with E-state index in [4.69, 9.17) is 4.74 Å². The summed E-state index contributed by atoms with van der Waals surface area (Å²) in [5.41, 5.74) is 0.542. The standard InChI is InChI=1S/C27H26N2O4S/c1-19(2)26(29-34(31,32)25-14-8-10-20-9-6-7-13-24(20)25)27(30)28-21-15-17-23(18-16-21)33-22-11-4-3-5-12-22/h3-19,26,29H,1-2H3,(H,28,30). The molecule has 0 spiro atoms. The Bertz CT molecular complexity index is 1380. The smallest absolute Gasteiger partial charge is 0.242 e. The molecule has 2 N–H and O–H groups in total. The van der Waals surface area contributed by atoms with Crippen molar-refractivity contribution < 1.29 is 17.9 Å². The van der Waals surface area contributed by atoms with Crippen molar-refractivity contribution in [3.05, 3.63) is 97.1 Å². The van der Waals surface area contributed by atoms with E-state index in [1.54, 1.807) is 62.4 Å².